The van der Waals surface area contributed by atoms with E-state index >= 15 is 0 Å². The molecular weight excluding hydrogens is 142 g/mol. The molecule has 0 unspecified atom stereocenters. The van der Waals surface area contributed by atoms with Crippen molar-refractivity contribution in [2.24, 2.45) is 0 Å². The monoisotopic (exact) mass is 149 g/mol. The zero-order valence-corrected chi connectivity index (χ0v) is 5.86. The van der Waals surface area contributed by atoms with Gasteiger partial charge in [0.2, 0.25) is 6.79 Å². The van der Waals surface area contributed by atoms with Crippen molar-refractivity contribution in [3.8, 4) is 0 Å². The fourth-order valence-electron chi connectivity index (χ4n) is 0.910. The van der Waals surface area contributed by atoms with Gasteiger partial charge >= 0.3 is 0 Å². The number of fused-ring (bicyclic) bond motifs is 1. The van der Waals surface area contributed by atoms with E-state index in [0.717, 1.165) is 10.4 Å². The first kappa shape index (κ1) is 6.22. The van der Waals surface area contributed by atoms with Crippen LogP contribution in [0.25, 0.3) is 12.5 Å². The van der Waals surface area contributed by atoms with Crippen molar-refractivity contribution in [1.82, 2.24) is 4.98 Å². The minimum absolute atomic E-state index is 0.272. The molecule has 0 atom stereocenters. The second-order valence-corrected chi connectivity index (χ2v) is 2.19. The van der Waals surface area contributed by atoms with E-state index in [-0.39, 0.29) is 6.79 Å². The van der Waals surface area contributed by atoms with Gasteiger partial charge in [0.15, 0.2) is 0 Å². The number of pyridine rings is 1. The third kappa shape index (κ3) is 1.17. The lowest BCUT2D eigenvalue weighted by atomic mass is 10.3. The first-order valence-corrected chi connectivity index (χ1v) is 3.30. The van der Waals surface area contributed by atoms with E-state index < -0.39 is 0 Å². The molecule has 0 spiro atoms. The molecule has 0 amide bonds. The summed E-state index contributed by atoms with van der Waals surface area (Å²) in [6.07, 6.45) is 6.77. The van der Waals surface area contributed by atoms with Gasteiger partial charge in [0.1, 0.15) is 0 Å². The molecule has 0 aliphatic carbocycles. The maximum atomic E-state index is 5.01. The number of hydrogen-bond acceptors (Lipinski definition) is 3. The summed E-state index contributed by atoms with van der Waals surface area (Å²) < 4.78 is 10.0. The van der Waals surface area contributed by atoms with Gasteiger partial charge in [-0.05, 0) is 6.07 Å². The van der Waals surface area contributed by atoms with E-state index in [2.05, 4.69) is 4.98 Å². The van der Waals surface area contributed by atoms with E-state index in [4.69, 9.17) is 9.47 Å². The lowest BCUT2D eigenvalue weighted by Crippen LogP contribution is -2.23. The van der Waals surface area contributed by atoms with Gasteiger partial charge in [0.05, 0.1) is 12.5 Å². The average molecular weight is 149 g/mol. The summed E-state index contributed by atoms with van der Waals surface area (Å²) >= 11 is 0. The molecule has 1 aliphatic rings. The molecule has 11 heavy (non-hydrogen) atoms. The summed E-state index contributed by atoms with van der Waals surface area (Å²) in [5.41, 5.74) is 0. The maximum absolute atomic E-state index is 5.01. The Morgan fingerprint density at radius 3 is 2.91 bits per heavy atom. The Bertz CT molecular complexity index is 324. The van der Waals surface area contributed by atoms with E-state index in [0.29, 0.717) is 0 Å². The van der Waals surface area contributed by atoms with Gasteiger partial charge < -0.3 is 9.47 Å². The largest absolute Gasteiger partial charge is 0.464 e. The van der Waals surface area contributed by atoms with E-state index in [1.807, 2.05) is 6.07 Å². The Balaban J connectivity index is 2.73. The molecule has 0 fully saturated rings. The van der Waals surface area contributed by atoms with Gasteiger partial charge in [-0.2, -0.15) is 0 Å². The number of aromatic nitrogens is 1. The van der Waals surface area contributed by atoms with Crippen molar-refractivity contribution < 1.29 is 9.47 Å². The molecule has 0 saturated carbocycles. The van der Waals surface area contributed by atoms with Gasteiger partial charge in [0, 0.05) is 22.8 Å². The van der Waals surface area contributed by atoms with Crippen molar-refractivity contribution in [1.29, 1.82) is 0 Å². The standard InChI is InChI=1S/C8H7NO2/c1-2-9-3-8-5-11-6-10-4-7(1)8/h1-5H,6H2. The predicted octanol–water partition coefficient (Wildman–Crippen LogP) is -0.438. The molecule has 0 radical (unpaired) electrons. The van der Waals surface area contributed by atoms with Gasteiger partial charge in [-0.15, -0.1) is 0 Å². The second kappa shape index (κ2) is 2.62. The van der Waals surface area contributed by atoms with Gasteiger partial charge in [-0.25, -0.2) is 0 Å². The zero-order chi connectivity index (χ0) is 7.52. The first-order chi connectivity index (χ1) is 5.47. The Hall–Kier alpha value is -1.51. The summed E-state index contributed by atoms with van der Waals surface area (Å²) in [5.74, 6) is 0. The quantitative estimate of drug-likeness (QED) is 0.501. The number of rotatable bonds is 0. The van der Waals surface area contributed by atoms with Gasteiger partial charge in [-0.3, -0.25) is 4.98 Å². The molecule has 3 heteroatoms. The topological polar surface area (TPSA) is 31.4 Å². The summed E-state index contributed by atoms with van der Waals surface area (Å²) in [6.45, 7) is 0.272. The lowest BCUT2D eigenvalue weighted by molar-refractivity contribution is 0.0898. The molecule has 56 valence electrons. The summed E-state index contributed by atoms with van der Waals surface area (Å²) in [6, 6.07) is 1.88. The van der Waals surface area contributed by atoms with Crippen molar-refractivity contribution in [2.75, 3.05) is 6.79 Å². The van der Waals surface area contributed by atoms with Crippen molar-refractivity contribution in [2.45, 2.75) is 0 Å². The fourth-order valence-corrected chi connectivity index (χ4v) is 0.910. The van der Waals surface area contributed by atoms with Gasteiger partial charge in [0.25, 0.3) is 0 Å². The van der Waals surface area contributed by atoms with Crippen LogP contribution in [0.2, 0.25) is 0 Å². The minimum atomic E-state index is 0.272. The number of ether oxygens (including phenoxy) is 2. The Morgan fingerprint density at radius 1 is 1.18 bits per heavy atom. The molecule has 1 aliphatic heterocycles. The molecule has 0 bridgehead atoms. The second-order valence-electron chi connectivity index (χ2n) is 2.19. The van der Waals surface area contributed by atoms with Crippen LogP contribution in [-0.2, 0) is 9.47 Å². The Kier molecular flexibility index (Phi) is 1.48. The number of nitrogens with zero attached hydrogens (tertiary/aromatic N) is 1. The van der Waals surface area contributed by atoms with Crippen LogP contribution in [0.15, 0.2) is 18.5 Å². The molecule has 1 aromatic heterocycles. The molecule has 3 nitrogen and oxygen atoms in total. The van der Waals surface area contributed by atoms with Crippen molar-refractivity contribution >= 4 is 12.5 Å². The van der Waals surface area contributed by atoms with Crippen LogP contribution < -0.4 is 10.4 Å². The van der Waals surface area contributed by atoms with Crippen LogP contribution in [0.5, 0.6) is 0 Å². The molecule has 0 aromatic carbocycles. The summed E-state index contributed by atoms with van der Waals surface area (Å²) in [4.78, 5) is 3.95. The van der Waals surface area contributed by atoms with E-state index in [1.54, 1.807) is 24.9 Å². The minimum Gasteiger partial charge on any atom is -0.464 e. The fraction of sp³-hybridized carbons (Fsp3) is 0.125. The highest BCUT2D eigenvalue weighted by atomic mass is 16.7. The van der Waals surface area contributed by atoms with Crippen molar-refractivity contribution in [3.63, 3.8) is 0 Å². The van der Waals surface area contributed by atoms with Crippen LogP contribution in [0.4, 0.5) is 0 Å². The summed E-state index contributed by atoms with van der Waals surface area (Å²) in [7, 11) is 0. The van der Waals surface area contributed by atoms with E-state index in [1.165, 1.54) is 0 Å². The first-order valence-electron chi connectivity index (χ1n) is 3.30. The highest BCUT2D eigenvalue weighted by Gasteiger charge is 1.90. The molecule has 2 heterocycles. The average Bonchev–Trinajstić information content (AvgIpc) is 2.28. The zero-order valence-electron chi connectivity index (χ0n) is 5.86. The molecular formula is C8H7NO2. The predicted molar refractivity (Wildman–Crippen MR) is 39.5 cm³/mol. The third-order valence-corrected chi connectivity index (χ3v) is 1.44. The lowest BCUT2D eigenvalue weighted by Gasteiger charge is -1.94. The van der Waals surface area contributed by atoms with Crippen LogP contribution in [0.3, 0.4) is 0 Å². The summed E-state index contributed by atoms with van der Waals surface area (Å²) in [5, 5.41) is 1.95. The number of hydrogen-bond donors (Lipinski definition) is 0. The molecule has 2 rings (SSSR count). The SMILES string of the molecule is C1=c2ccncc2=COCO1. The normalized spacial score (nSPS) is 14.2. The third-order valence-electron chi connectivity index (χ3n) is 1.44. The highest BCUT2D eigenvalue weighted by molar-refractivity contribution is 5.23. The van der Waals surface area contributed by atoms with E-state index in [9.17, 15) is 0 Å². The van der Waals surface area contributed by atoms with Crippen LogP contribution >= 0.6 is 0 Å². The van der Waals surface area contributed by atoms with Crippen LogP contribution in [-0.4, -0.2) is 11.8 Å². The Labute approximate surface area is 63.6 Å². The highest BCUT2D eigenvalue weighted by Crippen LogP contribution is 1.82. The molecule has 1 aromatic rings. The maximum Gasteiger partial charge on any atom is 0.229 e. The smallest absolute Gasteiger partial charge is 0.229 e. The Morgan fingerprint density at radius 2 is 2.00 bits per heavy atom. The van der Waals surface area contributed by atoms with Gasteiger partial charge in [-0.1, -0.05) is 0 Å². The van der Waals surface area contributed by atoms with Crippen molar-refractivity contribution in [3.05, 3.63) is 28.9 Å². The van der Waals surface area contributed by atoms with Crippen LogP contribution in [0, 0.1) is 0 Å². The molecule has 0 N–H and O–H groups in total. The van der Waals surface area contributed by atoms with Crippen LogP contribution in [0.1, 0.15) is 0 Å². The molecule has 0 saturated heterocycles.